The van der Waals surface area contributed by atoms with Crippen molar-refractivity contribution in [2.45, 2.75) is 26.2 Å². The molecule has 8 aromatic carbocycles. The molecule has 0 saturated heterocycles. The Morgan fingerprint density at radius 2 is 0.927 bits per heavy atom. The van der Waals surface area contributed by atoms with Gasteiger partial charge < -0.3 is 14.0 Å². The standard InChI is InChI=1S/C52H41N3/c1-2-3-16-37-27-31-42(32-28-37)53(40-17-6-4-7-18-40)51-25-14-15-26-52(51)55-48-24-13-11-22-44(48)46-36-39(30-34-50(46)55)38-29-33-49-45(35-38)43-21-10-12-23-47(43)54(49)41-19-8-5-9-20-41/h4-15,17-36H,2-3,16H2,1H3. The van der Waals surface area contributed by atoms with E-state index in [1.807, 2.05) is 0 Å². The molecule has 0 N–H and O–H groups in total. The van der Waals surface area contributed by atoms with Gasteiger partial charge in [-0.15, -0.1) is 0 Å². The van der Waals surface area contributed by atoms with Crippen LogP contribution in [-0.2, 0) is 6.42 Å². The first-order valence-electron chi connectivity index (χ1n) is 19.4. The summed E-state index contributed by atoms with van der Waals surface area (Å²) in [6.45, 7) is 2.25. The Labute approximate surface area is 322 Å². The molecule has 2 heterocycles. The van der Waals surface area contributed by atoms with E-state index in [4.69, 9.17) is 0 Å². The van der Waals surface area contributed by atoms with Gasteiger partial charge in [0.1, 0.15) is 0 Å². The molecule has 264 valence electrons. The molecule has 0 aliphatic heterocycles. The Kier molecular flexibility index (Phi) is 8.26. The van der Waals surface area contributed by atoms with Gasteiger partial charge in [0.05, 0.1) is 33.4 Å². The van der Waals surface area contributed by atoms with Crippen LogP contribution in [0.4, 0.5) is 17.1 Å². The highest BCUT2D eigenvalue weighted by Crippen LogP contribution is 2.43. The average Bonchev–Trinajstić information content (AvgIpc) is 3.76. The average molecular weight is 708 g/mol. The molecule has 3 nitrogen and oxygen atoms in total. The normalized spacial score (nSPS) is 11.6. The third-order valence-corrected chi connectivity index (χ3v) is 11.1. The highest BCUT2D eigenvalue weighted by molar-refractivity contribution is 6.13. The summed E-state index contributed by atoms with van der Waals surface area (Å²) in [4.78, 5) is 2.40. The van der Waals surface area contributed by atoms with Crippen LogP contribution in [-0.4, -0.2) is 9.13 Å². The third-order valence-electron chi connectivity index (χ3n) is 11.1. The van der Waals surface area contributed by atoms with E-state index in [0.717, 1.165) is 29.2 Å². The van der Waals surface area contributed by atoms with Crippen LogP contribution in [0.15, 0.2) is 194 Å². The van der Waals surface area contributed by atoms with Gasteiger partial charge in [0.25, 0.3) is 0 Å². The van der Waals surface area contributed by atoms with Crippen LogP contribution in [0.5, 0.6) is 0 Å². The van der Waals surface area contributed by atoms with Crippen molar-refractivity contribution in [2.75, 3.05) is 4.90 Å². The smallest absolute Gasteiger partial charge is 0.0702 e. The number of nitrogens with zero attached hydrogens (tertiary/aromatic N) is 3. The molecular weight excluding hydrogens is 667 g/mol. The largest absolute Gasteiger partial charge is 0.309 e. The van der Waals surface area contributed by atoms with Crippen molar-refractivity contribution in [3.63, 3.8) is 0 Å². The molecule has 0 amide bonds. The van der Waals surface area contributed by atoms with E-state index >= 15 is 0 Å². The van der Waals surface area contributed by atoms with Gasteiger partial charge >= 0.3 is 0 Å². The van der Waals surface area contributed by atoms with Gasteiger partial charge in [-0.25, -0.2) is 0 Å². The van der Waals surface area contributed by atoms with Crippen LogP contribution in [0.2, 0.25) is 0 Å². The van der Waals surface area contributed by atoms with Crippen LogP contribution in [0, 0.1) is 0 Å². The number of aromatic nitrogens is 2. The van der Waals surface area contributed by atoms with Crippen LogP contribution in [0.1, 0.15) is 25.3 Å². The maximum atomic E-state index is 2.45. The Morgan fingerprint density at radius 3 is 1.58 bits per heavy atom. The third kappa shape index (κ3) is 5.68. The zero-order chi connectivity index (χ0) is 36.7. The number of anilines is 3. The number of hydrogen-bond donors (Lipinski definition) is 0. The molecule has 2 aromatic heterocycles. The van der Waals surface area contributed by atoms with Gasteiger partial charge in [-0.3, -0.25) is 0 Å². The minimum atomic E-state index is 1.10. The predicted molar refractivity (Wildman–Crippen MR) is 234 cm³/mol. The van der Waals surface area contributed by atoms with Crippen molar-refractivity contribution >= 4 is 60.7 Å². The first-order chi connectivity index (χ1) is 27.3. The number of rotatable bonds is 9. The van der Waals surface area contributed by atoms with E-state index in [9.17, 15) is 0 Å². The van der Waals surface area contributed by atoms with Gasteiger partial charge in [0.15, 0.2) is 0 Å². The van der Waals surface area contributed by atoms with Crippen LogP contribution in [0.25, 0.3) is 66.1 Å². The molecule has 0 unspecified atom stereocenters. The van der Waals surface area contributed by atoms with Gasteiger partial charge in [0.2, 0.25) is 0 Å². The van der Waals surface area contributed by atoms with Crippen molar-refractivity contribution < 1.29 is 0 Å². The lowest BCUT2D eigenvalue weighted by atomic mass is 10.0. The molecule has 0 aliphatic carbocycles. The second-order valence-electron chi connectivity index (χ2n) is 14.4. The molecule has 0 atom stereocenters. The molecule has 0 fully saturated rings. The van der Waals surface area contributed by atoms with Gasteiger partial charge in [-0.05, 0) is 114 Å². The molecule has 0 aliphatic rings. The highest BCUT2D eigenvalue weighted by Gasteiger charge is 2.21. The number of benzene rings is 8. The molecule has 0 bridgehead atoms. The van der Waals surface area contributed by atoms with Crippen molar-refractivity contribution in [2.24, 2.45) is 0 Å². The predicted octanol–water partition coefficient (Wildman–Crippen LogP) is 14.4. The lowest BCUT2D eigenvalue weighted by molar-refractivity contribution is 0.795. The Balaban J connectivity index is 1.13. The molecule has 0 radical (unpaired) electrons. The fraction of sp³-hybridized carbons (Fsp3) is 0.0769. The first kappa shape index (κ1) is 32.8. The minimum Gasteiger partial charge on any atom is -0.309 e. The Morgan fingerprint density at radius 1 is 0.418 bits per heavy atom. The number of aryl methyl sites for hydroxylation is 1. The quantitative estimate of drug-likeness (QED) is 0.146. The molecular formula is C52H41N3. The monoisotopic (exact) mass is 707 g/mol. The molecule has 3 heteroatoms. The zero-order valence-corrected chi connectivity index (χ0v) is 30.9. The second kappa shape index (κ2) is 13.9. The zero-order valence-electron chi connectivity index (χ0n) is 30.9. The Hall–Kier alpha value is -6.84. The lowest BCUT2D eigenvalue weighted by Crippen LogP contribution is -2.13. The number of hydrogen-bond acceptors (Lipinski definition) is 1. The molecule has 55 heavy (non-hydrogen) atoms. The summed E-state index contributed by atoms with van der Waals surface area (Å²) >= 11 is 0. The van der Waals surface area contributed by atoms with Crippen molar-refractivity contribution in [3.8, 4) is 22.5 Å². The fourth-order valence-electron chi connectivity index (χ4n) is 8.46. The van der Waals surface area contributed by atoms with Crippen LogP contribution in [0.3, 0.4) is 0 Å². The van der Waals surface area contributed by atoms with Crippen molar-refractivity contribution in [1.29, 1.82) is 0 Å². The topological polar surface area (TPSA) is 13.1 Å². The molecule has 0 spiro atoms. The fourth-order valence-corrected chi connectivity index (χ4v) is 8.46. The van der Waals surface area contributed by atoms with Gasteiger partial charge in [-0.2, -0.15) is 0 Å². The SMILES string of the molecule is CCCCc1ccc(N(c2ccccc2)c2ccccc2-n2c3ccccc3c3cc(-c4ccc5c(c4)c4ccccc4n5-c4ccccc4)ccc32)cc1. The molecule has 0 saturated carbocycles. The number of unbranched alkanes of at least 4 members (excludes halogenated alkanes) is 1. The summed E-state index contributed by atoms with van der Waals surface area (Å²) in [7, 11) is 0. The molecule has 10 aromatic rings. The van der Waals surface area contributed by atoms with Crippen molar-refractivity contribution in [3.05, 3.63) is 200 Å². The maximum absolute atomic E-state index is 2.45. The number of para-hydroxylation sites is 6. The Bertz CT molecular complexity index is 2950. The van der Waals surface area contributed by atoms with Gasteiger partial charge in [0, 0.05) is 38.6 Å². The van der Waals surface area contributed by atoms with Gasteiger partial charge in [-0.1, -0.05) is 123 Å². The van der Waals surface area contributed by atoms with Crippen molar-refractivity contribution in [1.82, 2.24) is 9.13 Å². The minimum absolute atomic E-state index is 1.10. The lowest BCUT2D eigenvalue weighted by Gasteiger charge is -2.28. The maximum Gasteiger partial charge on any atom is 0.0702 e. The van der Waals surface area contributed by atoms with Crippen LogP contribution >= 0.6 is 0 Å². The van der Waals surface area contributed by atoms with E-state index in [-0.39, 0.29) is 0 Å². The van der Waals surface area contributed by atoms with E-state index in [1.54, 1.807) is 0 Å². The summed E-state index contributed by atoms with van der Waals surface area (Å²) in [5.74, 6) is 0. The second-order valence-corrected chi connectivity index (χ2v) is 14.4. The summed E-state index contributed by atoms with van der Waals surface area (Å²) in [6, 6.07) is 70.9. The highest BCUT2D eigenvalue weighted by atomic mass is 15.2. The van der Waals surface area contributed by atoms with E-state index in [2.05, 4.69) is 215 Å². The summed E-state index contributed by atoms with van der Waals surface area (Å²) in [5, 5.41) is 4.99. The summed E-state index contributed by atoms with van der Waals surface area (Å²) in [6.07, 6.45) is 3.50. The summed E-state index contributed by atoms with van der Waals surface area (Å²) < 4.78 is 4.83. The van der Waals surface area contributed by atoms with E-state index in [1.165, 1.54) is 78.8 Å². The van der Waals surface area contributed by atoms with E-state index in [0.29, 0.717) is 0 Å². The van der Waals surface area contributed by atoms with E-state index < -0.39 is 0 Å². The van der Waals surface area contributed by atoms with Crippen LogP contribution < -0.4 is 4.90 Å². The first-order valence-corrected chi connectivity index (χ1v) is 19.4. The summed E-state index contributed by atoms with van der Waals surface area (Å²) in [5.41, 5.74) is 14.3. The molecule has 10 rings (SSSR count). The number of fused-ring (bicyclic) bond motifs is 6.